The van der Waals surface area contributed by atoms with Crippen molar-refractivity contribution in [1.29, 1.82) is 0 Å². The van der Waals surface area contributed by atoms with Crippen LogP contribution in [0.25, 0.3) is 0 Å². The number of nitrogens with zero attached hydrogens (tertiary/aromatic N) is 2. The maximum absolute atomic E-state index is 13.3. The molecule has 1 unspecified atom stereocenters. The van der Waals surface area contributed by atoms with Gasteiger partial charge in [0.15, 0.2) is 5.82 Å². The fourth-order valence-corrected chi connectivity index (χ4v) is 2.36. The van der Waals surface area contributed by atoms with Crippen LogP contribution in [0.3, 0.4) is 0 Å². The quantitative estimate of drug-likeness (QED) is 0.731. The van der Waals surface area contributed by atoms with Crippen LogP contribution in [-0.2, 0) is 17.4 Å². The SMILES string of the molecule is Cc1ccc(OCCNC(=O)CC(O)(c2nccn2C)C(F)(F)F)cc1. The maximum atomic E-state index is 13.3. The van der Waals surface area contributed by atoms with E-state index in [9.17, 15) is 23.1 Å². The van der Waals surface area contributed by atoms with Crippen molar-refractivity contribution in [1.82, 2.24) is 14.9 Å². The van der Waals surface area contributed by atoms with Crippen molar-refractivity contribution in [2.75, 3.05) is 13.2 Å². The molecule has 26 heavy (non-hydrogen) atoms. The summed E-state index contributed by atoms with van der Waals surface area (Å²) in [7, 11) is 1.31. The third-order valence-corrected chi connectivity index (χ3v) is 3.79. The van der Waals surface area contributed by atoms with Gasteiger partial charge in [0, 0.05) is 19.4 Å². The normalized spacial score (nSPS) is 13.9. The fourth-order valence-electron chi connectivity index (χ4n) is 2.36. The molecule has 1 aromatic carbocycles. The van der Waals surface area contributed by atoms with Crippen LogP contribution in [0.4, 0.5) is 13.2 Å². The first-order valence-electron chi connectivity index (χ1n) is 7.86. The van der Waals surface area contributed by atoms with Crippen LogP contribution in [0.1, 0.15) is 17.8 Å². The molecule has 0 aliphatic heterocycles. The number of benzene rings is 1. The number of ether oxygens (including phenoxy) is 1. The van der Waals surface area contributed by atoms with Crippen molar-refractivity contribution in [3.8, 4) is 5.75 Å². The topological polar surface area (TPSA) is 76.4 Å². The number of aromatic nitrogens is 2. The van der Waals surface area contributed by atoms with Crippen LogP contribution >= 0.6 is 0 Å². The van der Waals surface area contributed by atoms with Crippen molar-refractivity contribution in [3.05, 3.63) is 48.0 Å². The maximum Gasteiger partial charge on any atom is 0.425 e. The molecule has 0 saturated carbocycles. The number of rotatable bonds is 7. The minimum atomic E-state index is -5.05. The zero-order valence-electron chi connectivity index (χ0n) is 14.4. The first kappa shape index (κ1) is 19.8. The smallest absolute Gasteiger partial charge is 0.425 e. The first-order chi connectivity index (χ1) is 12.1. The van der Waals surface area contributed by atoms with E-state index in [0.717, 1.165) is 16.3 Å². The van der Waals surface area contributed by atoms with Crippen molar-refractivity contribution in [3.63, 3.8) is 0 Å². The summed E-state index contributed by atoms with van der Waals surface area (Å²) in [6.45, 7) is 2.01. The number of carbonyl (C=O) groups is 1. The molecule has 0 bridgehead atoms. The van der Waals surface area contributed by atoms with Crippen molar-refractivity contribution < 1.29 is 27.8 Å². The van der Waals surface area contributed by atoms with Gasteiger partial charge >= 0.3 is 6.18 Å². The van der Waals surface area contributed by atoms with Crippen LogP contribution in [0, 0.1) is 6.92 Å². The number of halogens is 3. The minimum Gasteiger partial charge on any atom is -0.492 e. The highest BCUT2D eigenvalue weighted by Crippen LogP contribution is 2.40. The molecule has 0 saturated heterocycles. The van der Waals surface area contributed by atoms with Gasteiger partial charge < -0.3 is 19.7 Å². The molecule has 1 amide bonds. The highest BCUT2D eigenvalue weighted by molar-refractivity contribution is 5.77. The molecule has 0 aliphatic carbocycles. The van der Waals surface area contributed by atoms with E-state index in [1.54, 1.807) is 12.1 Å². The Bertz CT molecular complexity index is 744. The lowest BCUT2D eigenvalue weighted by Crippen LogP contribution is -2.48. The number of hydrogen-bond acceptors (Lipinski definition) is 4. The van der Waals surface area contributed by atoms with E-state index in [0.29, 0.717) is 5.75 Å². The van der Waals surface area contributed by atoms with E-state index in [2.05, 4.69) is 10.3 Å². The Kier molecular flexibility index (Phi) is 5.91. The van der Waals surface area contributed by atoms with E-state index in [4.69, 9.17) is 4.74 Å². The summed E-state index contributed by atoms with van der Waals surface area (Å²) in [4.78, 5) is 15.4. The van der Waals surface area contributed by atoms with E-state index in [1.165, 1.54) is 13.2 Å². The first-order valence-corrected chi connectivity index (χ1v) is 7.86. The Labute approximate surface area is 148 Å². The summed E-state index contributed by atoms with van der Waals surface area (Å²) in [5.41, 5.74) is -2.31. The highest BCUT2D eigenvalue weighted by atomic mass is 19.4. The molecule has 1 aromatic heterocycles. The molecule has 0 spiro atoms. The van der Waals surface area contributed by atoms with Crippen molar-refractivity contribution in [2.45, 2.75) is 25.1 Å². The summed E-state index contributed by atoms with van der Waals surface area (Å²) < 4.78 is 46.4. The van der Waals surface area contributed by atoms with E-state index >= 15 is 0 Å². The molecule has 2 aromatic rings. The molecule has 1 atom stereocenters. The molecule has 2 rings (SSSR count). The van der Waals surface area contributed by atoms with Gasteiger partial charge in [0.25, 0.3) is 0 Å². The predicted molar refractivity (Wildman–Crippen MR) is 87.5 cm³/mol. The molecular formula is C17H20F3N3O3. The summed E-state index contributed by atoms with van der Waals surface area (Å²) in [5.74, 6) is -1.01. The standard InChI is InChI=1S/C17H20F3N3O3/c1-12-3-5-13(6-4-12)26-10-8-21-14(24)11-16(25,17(18,19)20)15-22-7-9-23(15)2/h3-7,9,25H,8,10-11H2,1-2H3,(H,21,24). The van der Waals surface area contributed by atoms with Crippen LogP contribution in [0.15, 0.2) is 36.7 Å². The lowest BCUT2D eigenvalue weighted by Gasteiger charge is -2.29. The van der Waals surface area contributed by atoms with Crippen LogP contribution < -0.4 is 10.1 Å². The molecule has 2 N–H and O–H groups in total. The number of carbonyl (C=O) groups excluding carboxylic acids is 1. The molecular weight excluding hydrogens is 351 g/mol. The second-order valence-corrected chi connectivity index (χ2v) is 5.91. The molecule has 6 nitrogen and oxygen atoms in total. The molecule has 0 fully saturated rings. The monoisotopic (exact) mass is 371 g/mol. The van der Waals surface area contributed by atoms with Gasteiger partial charge in [0.05, 0.1) is 13.0 Å². The summed E-state index contributed by atoms with van der Waals surface area (Å²) in [6, 6.07) is 7.20. The zero-order valence-corrected chi connectivity index (χ0v) is 14.4. The van der Waals surface area contributed by atoms with Gasteiger partial charge in [-0.2, -0.15) is 13.2 Å². The molecule has 9 heteroatoms. The Hall–Kier alpha value is -2.55. The fraction of sp³-hybridized carbons (Fsp3) is 0.412. The second-order valence-electron chi connectivity index (χ2n) is 5.91. The molecule has 1 heterocycles. The molecule has 0 aliphatic rings. The third-order valence-electron chi connectivity index (χ3n) is 3.79. The minimum absolute atomic E-state index is 0.00120. The highest BCUT2D eigenvalue weighted by Gasteiger charge is 2.58. The van der Waals surface area contributed by atoms with E-state index < -0.39 is 29.9 Å². The van der Waals surface area contributed by atoms with Crippen LogP contribution in [0.2, 0.25) is 0 Å². The molecule has 142 valence electrons. The van der Waals surface area contributed by atoms with Gasteiger partial charge in [0.1, 0.15) is 12.4 Å². The van der Waals surface area contributed by atoms with E-state index in [1.807, 2.05) is 19.1 Å². The summed E-state index contributed by atoms with van der Waals surface area (Å²) >= 11 is 0. The molecule has 0 radical (unpaired) electrons. The summed E-state index contributed by atoms with van der Waals surface area (Å²) in [6.07, 6.45) is -3.85. The predicted octanol–water partition coefficient (Wildman–Crippen LogP) is 2.06. The second kappa shape index (κ2) is 7.77. The van der Waals surface area contributed by atoms with Gasteiger partial charge in [-0.3, -0.25) is 4.79 Å². The number of aliphatic hydroxyl groups is 1. The van der Waals surface area contributed by atoms with Gasteiger partial charge in [-0.05, 0) is 19.1 Å². The van der Waals surface area contributed by atoms with Gasteiger partial charge in [-0.15, -0.1) is 0 Å². The Morgan fingerprint density at radius 2 is 1.96 bits per heavy atom. The zero-order chi connectivity index (χ0) is 19.4. The number of alkyl halides is 3. The number of hydrogen-bond donors (Lipinski definition) is 2. The largest absolute Gasteiger partial charge is 0.492 e. The average Bonchev–Trinajstić information content (AvgIpc) is 2.98. The third kappa shape index (κ3) is 4.54. The van der Waals surface area contributed by atoms with Gasteiger partial charge in [-0.25, -0.2) is 4.98 Å². The number of aryl methyl sites for hydroxylation is 2. The lowest BCUT2D eigenvalue weighted by molar-refractivity contribution is -0.271. The average molecular weight is 371 g/mol. The Morgan fingerprint density at radius 1 is 1.31 bits per heavy atom. The van der Waals surface area contributed by atoms with Gasteiger partial charge in [0.2, 0.25) is 11.5 Å². The van der Waals surface area contributed by atoms with Crippen LogP contribution in [-0.4, -0.2) is 39.9 Å². The lowest BCUT2D eigenvalue weighted by atomic mass is 9.97. The van der Waals surface area contributed by atoms with Crippen molar-refractivity contribution in [2.24, 2.45) is 7.05 Å². The number of imidazole rings is 1. The number of amides is 1. The van der Waals surface area contributed by atoms with Crippen LogP contribution in [0.5, 0.6) is 5.75 Å². The van der Waals surface area contributed by atoms with Gasteiger partial charge in [-0.1, -0.05) is 17.7 Å². The van der Waals surface area contributed by atoms with E-state index in [-0.39, 0.29) is 13.2 Å². The Morgan fingerprint density at radius 3 is 2.50 bits per heavy atom. The number of nitrogens with one attached hydrogen (secondary N) is 1. The Balaban J connectivity index is 1.92. The van der Waals surface area contributed by atoms with Crippen molar-refractivity contribution >= 4 is 5.91 Å². The summed E-state index contributed by atoms with van der Waals surface area (Å²) in [5, 5.41) is 12.4.